The number of nitrogens with zero attached hydrogens (tertiary/aromatic N) is 2. The first-order valence-electron chi connectivity index (χ1n) is 9.10. The zero-order chi connectivity index (χ0) is 20.6. The van der Waals surface area contributed by atoms with Gasteiger partial charge >= 0.3 is 5.97 Å². The van der Waals surface area contributed by atoms with E-state index in [0.717, 1.165) is 0 Å². The van der Waals surface area contributed by atoms with Crippen LogP contribution in [0.4, 0.5) is 0 Å². The Labute approximate surface area is 167 Å². The molecule has 1 aromatic heterocycles. The van der Waals surface area contributed by atoms with Gasteiger partial charge in [-0.2, -0.15) is 0 Å². The normalized spacial score (nSPS) is 13.7. The van der Waals surface area contributed by atoms with Crippen LogP contribution < -0.4 is 9.47 Å². The van der Waals surface area contributed by atoms with E-state index < -0.39 is 5.97 Å². The quantitative estimate of drug-likeness (QED) is 0.642. The number of furan rings is 1. The van der Waals surface area contributed by atoms with E-state index in [1.165, 1.54) is 6.26 Å². The molecule has 9 nitrogen and oxygen atoms in total. The van der Waals surface area contributed by atoms with E-state index in [1.807, 2.05) is 0 Å². The van der Waals surface area contributed by atoms with Crippen LogP contribution in [0, 0.1) is 0 Å². The van der Waals surface area contributed by atoms with E-state index in [1.54, 1.807) is 53.3 Å². The highest BCUT2D eigenvalue weighted by atomic mass is 16.6. The lowest BCUT2D eigenvalue weighted by molar-refractivity contribution is -0.154. The van der Waals surface area contributed by atoms with E-state index in [-0.39, 0.29) is 30.8 Å². The molecule has 2 amide bonds. The number of hydrogen-bond acceptors (Lipinski definition) is 7. The Balaban J connectivity index is 1.36. The third-order valence-corrected chi connectivity index (χ3v) is 4.42. The van der Waals surface area contributed by atoms with Crippen LogP contribution in [0.5, 0.6) is 11.5 Å². The fraction of sp³-hybridized carbons (Fsp3) is 0.350. The summed E-state index contributed by atoms with van der Waals surface area (Å²) >= 11 is 0. The Bertz CT molecular complexity index is 825. The van der Waals surface area contributed by atoms with Crippen molar-refractivity contribution < 1.29 is 33.0 Å². The van der Waals surface area contributed by atoms with Crippen molar-refractivity contribution in [3.05, 3.63) is 48.4 Å². The van der Waals surface area contributed by atoms with Gasteiger partial charge in [-0.3, -0.25) is 9.59 Å². The molecule has 1 saturated heterocycles. The van der Waals surface area contributed by atoms with Crippen molar-refractivity contribution in [3.8, 4) is 11.5 Å². The molecular weight excluding hydrogens is 380 g/mol. The molecule has 2 heterocycles. The van der Waals surface area contributed by atoms with Gasteiger partial charge in [-0.1, -0.05) is 0 Å². The SMILES string of the molecule is COc1ccc(OCC(=O)OCC(=O)N2CCN(C(=O)c3ccco3)CC2)cc1. The number of rotatable bonds is 7. The maximum absolute atomic E-state index is 12.2. The van der Waals surface area contributed by atoms with Crippen molar-refractivity contribution in [1.29, 1.82) is 0 Å². The smallest absolute Gasteiger partial charge is 0.344 e. The molecule has 3 rings (SSSR count). The maximum Gasteiger partial charge on any atom is 0.344 e. The van der Waals surface area contributed by atoms with Gasteiger partial charge in [0.15, 0.2) is 19.0 Å². The van der Waals surface area contributed by atoms with Gasteiger partial charge in [0.25, 0.3) is 11.8 Å². The molecule has 0 N–H and O–H groups in total. The Kier molecular flexibility index (Phi) is 6.72. The van der Waals surface area contributed by atoms with Gasteiger partial charge in [-0.25, -0.2) is 4.79 Å². The molecular formula is C20H22N2O7. The molecule has 0 aliphatic carbocycles. The van der Waals surface area contributed by atoms with Crippen molar-refractivity contribution in [3.63, 3.8) is 0 Å². The Morgan fingerprint density at radius 1 is 0.931 bits per heavy atom. The summed E-state index contributed by atoms with van der Waals surface area (Å²) in [6.45, 7) is 0.845. The molecule has 0 spiro atoms. The van der Waals surface area contributed by atoms with Gasteiger partial charge in [0.05, 0.1) is 13.4 Å². The van der Waals surface area contributed by atoms with E-state index in [2.05, 4.69) is 0 Å². The Morgan fingerprint density at radius 3 is 2.21 bits per heavy atom. The molecule has 0 atom stereocenters. The molecule has 2 aromatic rings. The number of amides is 2. The number of benzene rings is 1. The lowest BCUT2D eigenvalue weighted by atomic mass is 10.3. The molecule has 0 saturated carbocycles. The molecule has 29 heavy (non-hydrogen) atoms. The lowest BCUT2D eigenvalue weighted by Gasteiger charge is -2.34. The van der Waals surface area contributed by atoms with Crippen molar-refractivity contribution in [1.82, 2.24) is 9.80 Å². The topological polar surface area (TPSA) is 98.5 Å². The first kappa shape index (κ1) is 20.2. The predicted molar refractivity (Wildman–Crippen MR) is 101 cm³/mol. The van der Waals surface area contributed by atoms with E-state index >= 15 is 0 Å². The van der Waals surface area contributed by atoms with Crippen molar-refractivity contribution >= 4 is 17.8 Å². The van der Waals surface area contributed by atoms with Crippen LogP contribution in [0.25, 0.3) is 0 Å². The summed E-state index contributed by atoms with van der Waals surface area (Å²) in [5, 5.41) is 0. The summed E-state index contributed by atoms with van der Waals surface area (Å²) in [6, 6.07) is 10.0. The summed E-state index contributed by atoms with van der Waals surface area (Å²) in [5.74, 6) is 0.288. The highest BCUT2D eigenvalue weighted by Gasteiger charge is 2.26. The minimum absolute atomic E-state index is 0.204. The molecule has 0 unspecified atom stereocenters. The summed E-state index contributed by atoms with van der Waals surface area (Å²) in [5.41, 5.74) is 0. The van der Waals surface area contributed by atoms with E-state index in [4.69, 9.17) is 18.6 Å². The third-order valence-electron chi connectivity index (χ3n) is 4.42. The average molecular weight is 402 g/mol. The lowest BCUT2D eigenvalue weighted by Crippen LogP contribution is -2.51. The third kappa shape index (κ3) is 5.50. The monoisotopic (exact) mass is 402 g/mol. The number of carbonyl (C=O) groups is 3. The second-order valence-corrected chi connectivity index (χ2v) is 6.28. The van der Waals surface area contributed by atoms with Crippen LogP contribution in [0.1, 0.15) is 10.6 Å². The molecule has 1 fully saturated rings. The first-order valence-corrected chi connectivity index (χ1v) is 9.10. The molecule has 154 valence electrons. The van der Waals surface area contributed by atoms with Crippen LogP contribution in [0.3, 0.4) is 0 Å². The van der Waals surface area contributed by atoms with Gasteiger partial charge in [-0.15, -0.1) is 0 Å². The molecule has 1 aliphatic rings. The maximum atomic E-state index is 12.2. The fourth-order valence-electron chi connectivity index (χ4n) is 2.80. The van der Waals surface area contributed by atoms with Crippen molar-refractivity contribution in [2.75, 3.05) is 46.5 Å². The predicted octanol–water partition coefficient (Wildman–Crippen LogP) is 1.19. The number of ether oxygens (including phenoxy) is 3. The minimum Gasteiger partial charge on any atom is -0.497 e. The van der Waals surface area contributed by atoms with Crippen LogP contribution in [-0.2, 0) is 14.3 Å². The van der Waals surface area contributed by atoms with Crippen LogP contribution >= 0.6 is 0 Å². The van der Waals surface area contributed by atoms with Crippen LogP contribution in [0.15, 0.2) is 47.1 Å². The van der Waals surface area contributed by atoms with Gasteiger partial charge in [0.2, 0.25) is 0 Å². The van der Waals surface area contributed by atoms with Crippen LogP contribution in [-0.4, -0.2) is 74.1 Å². The highest BCUT2D eigenvalue weighted by Crippen LogP contribution is 2.17. The van der Waals surface area contributed by atoms with Crippen LogP contribution in [0.2, 0.25) is 0 Å². The number of carbonyl (C=O) groups excluding carboxylic acids is 3. The number of piperazine rings is 1. The minimum atomic E-state index is -0.638. The second-order valence-electron chi connectivity index (χ2n) is 6.28. The molecule has 0 radical (unpaired) electrons. The average Bonchev–Trinajstić information content (AvgIpc) is 3.31. The standard InChI is InChI=1S/C20H22N2O7/c1-26-15-4-6-16(7-5-15)28-14-19(24)29-13-18(23)21-8-10-22(11-9-21)20(25)17-3-2-12-27-17/h2-7,12H,8-11,13-14H2,1H3. The number of esters is 1. The summed E-state index contributed by atoms with van der Waals surface area (Å²) in [4.78, 5) is 39.4. The van der Waals surface area contributed by atoms with Crippen molar-refractivity contribution in [2.24, 2.45) is 0 Å². The zero-order valence-corrected chi connectivity index (χ0v) is 16.0. The Morgan fingerprint density at radius 2 is 1.59 bits per heavy atom. The second kappa shape index (κ2) is 9.63. The van der Waals surface area contributed by atoms with Crippen molar-refractivity contribution in [2.45, 2.75) is 0 Å². The first-order chi connectivity index (χ1) is 14.1. The zero-order valence-electron chi connectivity index (χ0n) is 16.0. The highest BCUT2D eigenvalue weighted by molar-refractivity contribution is 5.91. The number of methoxy groups -OCH3 is 1. The largest absolute Gasteiger partial charge is 0.497 e. The summed E-state index contributed by atoms with van der Waals surface area (Å²) in [7, 11) is 1.56. The summed E-state index contributed by atoms with van der Waals surface area (Å²) < 4.78 is 20.4. The molecule has 9 heteroatoms. The van der Waals surface area contributed by atoms with E-state index in [9.17, 15) is 14.4 Å². The van der Waals surface area contributed by atoms with Gasteiger partial charge < -0.3 is 28.4 Å². The fourth-order valence-corrected chi connectivity index (χ4v) is 2.80. The summed E-state index contributed by atoms with van der Waals surface area (Å²) in [6.07, 6.45) is 1.44. The molecule has 0 bridgehead atoms. The molecule has 1 aromatic carbocycles. The van der Waals surface area contributed by atoms with Gasteiger partial charge in [0.1, 0.15) is 11.5 Å². The van der Waals surface area contributed by atoms with Gasteiger partial charge in [-0.05, 0) is 36.4 Å². The van der Waals surface area contributed by atoms with E-state index in [0.29, 0.717) is 37.7 Å². The molecule has 1 aliphatic heterocycles. The number of hydrogen-bond donors (Lipinski definition) is 0. The Hall–Kier alpha value is -3.49. The van der Waals surface area contributed by atoms with Gasteiger partial charge in [0, 0.05) is 26.2 Å².